The lowest BCUT2D eigenvalue weighted by molar-refractivity contribution is -0.137. The van der Waals surface area contributed by atoms with Crippen LogP contribution in [0.4, 0.5) is 38.0 Å². The van der Waals surface area contributed by atoms with Gasteiger partial charge in [-0.05, 0) is 50.9 Å². The van der Waals surface area contributed by atoms with Crippen LogP contribution in [-0.2, 0) is 6.18 Å². The van der Waals surface area contributed by atoms with Crippen LogP contribution in [0.2, 0.25) is 0 Å². The minimum atomic E-state index is -4.89. The Morgan fingerprint density at radius 1 is 1.16 bits per heavy atom. The van der Waals surface area contributed by atoms with Crippen molar-refractivity contribution in [3.63, 3.8) is 0 Å². The molecule has 2 fully saturated rings. The van der Waals surface area contributed by atoms with Crippen LogP contribution in [0.15, 0.2) is 24.5 Å². The van der Waals surface area contributed by atoms with Crippen molar-refractivity contribution in [2.24, 2.45) is 0 Å². The van der Waals surface area contributed by atoms with Crippen molar-refractivity contribution < 1.29 is 35.8 Å². The molecule has 4 aromatic heterocycles. The molecule has 2 saturated heterocycles. The first-order chi connectivity index (χ1) is 23.8. The number of nitrogens with zero attached hydrogens (tertiary/aromatic N) is 7. The summed E-state index contributed by atoms with van der Waals surface area (Å²) in [6, 6.07) is 1.53. The smallest absolute Gasteiger partial charge is 0.417 e. The third-order valence-electron chi connectivity index (χ3n) is 10.1. The standard InChI is InChI=1S/C33H31F6N9O2/c1-15-8-21-20(12-42-46-21)22(24(15)33(37,38)39)26-25(36)27-23-29(45-31(44-27)50-14-32-4-3-5-47(32)13-18(35)10-32)48(6-7-49-30(23)43-26)16(2)19-9-17(34)11-41-28(19)40/h8-9,11-12,16,18H,3-7,10,13-14H2,1-2H3,(H2,40,41)(H,42,46)/t16?,18-,32+/m1/s1. The predicted octanol–water partition coefficient (Wildman–Crippen LogP) is 6.07. The lowest BCUT2D eigenvalue weighted by Crippen LogP contribution is -2.43. The molecular formula is C33H31F6N9O2. The average Bonchev–Trinajstić information content (AvgIpc) is 3.73. The Kier molecular flexibility index (Phi) is 7.47. The van der Waals surface area contributed by atoms with E-state index in [-0.39, 0.29) is 78.1 Å². The van der Waals surface area contributed by atoms with Crippen LogP contribution in [0, 0.1) is 18.6 Å². The molecule has 0 spiro atoms. The van der Waals surface area contributed by atoms with Gasteiger partial charge in [-0.3, -0.25) is 10.00 Å². The van der Waals surface area contributed by atoms with Gasteiger partial charge in [-0.15, -0.1) is 0 Å². The first-order valence-electron chi connectivity index (χ1n) is 16.1. The van der Waals surface area contributed by atoms with E-state index >= 15 is 4.39 Å². The Hall–Kier alpha value is -4.93. The van der Waals surface area contributed by atoms with Gasteiger partial charge in [0.05, 0.1) is 41.6 Å². The number of hydrogen-bond donors (Lipinski definition) is 2. The number of nitrogen functional groups attached to an aromatic ring is 1. The second-order valence-corrected chi connectivity index (χ2v) is 13.1. The second kappa shape index (κ2) is 11.6. The number of nitrogens with two attached hydrogens (primary N) is 1. The number of hydrogen-bond acceptors (Lipinski definition) is 10. The molecule has 3 N–H and O–H groups in total. The van der Waals surface area contributed by atoms with E-state index in [1.165, 1.54) is 25.3 Å². The van der Waals surface area contributed by atoms with Gasteiger partial charge in [0.1, 0.15) is 53.4 Å². The summed E-state index contributed by atoms with van der Waals surface area (Å²) in [4.78, 5) is 21.1. The van der Waals surface area contributed by atoms with Crippen molar-refractivity contribution in [1.29, 1.82) is 0 Å². The highest BCUT2D eigenvalue weighted by Crippen LogP contribution is 2.47. The molecule has 1 aromatic carbocycles. The summed E-state index contributed by atoms with van der Waals surface area (Å²) in [5.41, 5.74) is 3.25. The SMILES string of the molecule is Cc1cc2[nH]ncc2c(-c2nc3c4c(nc(OC[C@@]56CCCN5C[C@H](F)C6)nc4c2F)N(C(C)c2cc(F)cnc2N)CCO3)c1C(F)(F)F. The van der Waals surface area contributed by atoms with Gasteiger partial charge in [0.2, 0.25) is 5.88 Å². The molecule has 0 amide bonds. The molecule has 8 rings (SSSR count). The first-order valence-corrected chi connectivity index (χ1v) is 16.1. The predicted molar refractivity (Wildman–Crippen MR) is 171 cm³/mol. The van der Waals surface area contributed by atoms with Crippen LogP contribution >= 0.6 is 0 Å². The van der Waals surface area contributed by atoms with E-state index in [0.717, 1.165) is 12.6 Å². The summed E-state index contributed by atoms with van der Waals surface area (Å²) in [7, 11) is 0. The zero-order chi connectivity index (χ0) is 35.1. The zero-order valence-electron chi connectivity index (χ0n) is 26.9. The molecule has 0 aliphatic carbocycles. The van der Waals surface area contributed by atoms with Gasteiger partial charge in [0.25, 0.3) is 0 Å². The molecule has 5 aromatic rings. The Morgan fingerprint density at radius 3 is 2.78 bits per heavy atom. The molecular weight excluding hydrogens is 668 g/mol. The third-order valence-corrected chi connectivity index (χ3v) is 10.1. The highest BCUT2D eigenvalue weighted by atomic mass is 19.4. The molecule has 3 atom stereocenters. The lowest BCUT2D eigenvalue weighted by Gasteiger charge is -2.32. The number of anilines is 2. The number of ether oxygens (including phenoxy) is 2. The van der Waals surface area contributed by atoms with E-state index in [4.69, 9.17) is 15.2 Å². The van der Waals surface area contributed by atoms with Crippen molar-refractivity contribution in [2.45, 2.75) is 57.0 Å². The molecule has 3 aliphatic heterocycles. The maximum absolute atomic E-state index is 17.1. The van der Waals surface area contributed by atoms with Gasteiger partial charge in [-0.1, -0.05) is 0 Å². The zero-order valence-corrected chi connectivity index (χ0v) is 26.9. The van der Waals surface area contributed by atoms with Crippen LogP contribution in [0.1, 0.15) is 48.9 Å². The van der Waals surface area contributed by atoms with Crippen molar-refractivity contribution in [2.75, 3.05) is 43.5 Å². The lowest BCUT2D eigenvalue weighted by atomic mass is 9.94. The minimum Gasteiger partial charge on any atom is -0.475 e. The van der Waals surface area contributed by atoms with E-state index in [9.17, 15) is 22.0 Å². The molecule has 50 heavy (non-hydrogen) atoms. The summed E-state index contributed by atoms with van der Waals surface area (Å²) < 4.78 is 102. The van der Waals surface area contributed by atoms with Gasteiger partial charge in [-0.25, -0.2) is 23.1 Å². The normalized spacial score (nSPS) is 21.4. The minimum absolute atomic E-state index is 0.00332. The second-order valence-electron chi connectivity index (χ2n) is 13.1. The number of benzene rings is 1. The number of pyridine rings is 2. The Bertz CT molecular complexity index is 2160. The fourth-order valence-corrected chi connectivity index (χ4v) is 7.82. The molecule has 7 heterocycles. The summed E-state index contributed by atoms with van der Waals surface area (Å²) >= 11 is 0. The molecule has 262 valence electrons. The number of halogens is 6. The number of alkyl halides is 4. The van der Waals surface area contributed by atoms with Gasteiger partial charge in [0.15, 0.2) is 5.82 Å². The van der Waals surface area contributed by atoms with E-state index in [1.54, 1.807) is 11.8 Å². The number of fused-ring (bicyclic) bond motifs is 2. The van der Waals surface area contributed by atoms with E-state index in [2.05, 4.69) is 30.1 Å². The van der Waals surface area contributed by atoms with Gasteiger partial charge >= 0.3 is 12.2 Å². The maximum Gasteiger partial charge on any atom is 0.417 e. The quantitative estimate of drug-likeness (QED) is 0.202. The number of aryl methyl sites for hydroxylation is 1. The van der Waals surface area contributed by atoms with Crippen molar-refractivity contribution in [1.82, 2.24) is 35.0 Å². The van der Waals surface area contributed by atoms with Crippen LogP contribution < -0.4 is 20.1 Å². The topological polar surface area (TPSA) is 131 Å². The molecule has 11 nitrogen and oxygen atoms in total. The fourth-order valence-electron chi connectivity index (χ4n) is 7.82. The largest absolute Gasteiger partial charge is 0.475 e. The molecule has 0 bridgehead atoms. The number of rotatable bonds is 6. The van der Waals surface area contributed by atoms with Gasteiger partial charge < -0.3 is 20.1 Å². The Labute approximate surface area is 280 Å². The molecule has 0 saturated carbocycles. The van der Waals surface area contributed by atoms with Crippen LogP contribution in [0.5, 0.6) is 11.9 Å². The maximum atomic E-state index is 17.1. The van der Waals surface area contributed by atoms with E-state index < -0.39 is 57.9 Å². The van der Waals surface area contributed by atoms with Crippen molar-refractivity contribution in [3.05, 3.63) is 52.9 Å². The highest BCUT2D eigenvalue weighted by molar-refractivity contribution is 6.02. The molecule has 3 aliphatic rings. The third kappa shape index (κ3) is 5.12. The molecule has 1 unspecified atom stereocenters. The van der Waals surface area contributed by atoms with Crippen LogP contribution in [0.3, 0.4) is 0 Å². The number of aromatic amines is 1. The summed E-state index contributed by atoms with van der Waals surface area (Å²) in [6.07, 6.45) is -1.99. The van der Waals surface area contributed by atoms with E-state index in [0.29, 0.717) is 18.5 Å². The Balaban J connectivity index is 1.35. The summed E-state index contributed by atoms with van der Waals surface area (Å²) in [5, 5.41) is 6.53. The molecule has 17 heteroatoms. The fraction of sp³-hybridized carbons (Fsp3) is 0.424. The molecule has 0 radical (unpaired) electrons. The number of nitrogens with one attached hydrogen (secondary N) is 1. The number of H-pyrrole nitrogens is 1. The van der Waals surface area contributed by atoms with Crippen LogP contribution in [-0.4, -0.2) is 79.6 Å². The van der Waals surface area contributed by atoms with Crippen molar-refractivity contribution >= 4 is 33.4 Å². The number of aromatic nitrogens is 6. The summed E-state index contributed by atoms with van der Waals surface area (Å²) in [5.74, 6) is -1.88. The Morgan fingerprint density at radius 2 is 1.98 bits per heavy atom. The van der Waals surface area contributed by atoms with Gasteiger partial charge in [-0.2, -0.15) is 28.2 Å². The van der Waals surface area contributed by atoms with Crippen molar-refractivity contribution in [3.8, 4) is 23.1 Å². The average molecular weight is 700 g/mol. The van der Waals surface area contributed by atoms with Gasteiger partial charge in [0, 0.05) is 29.5 Å². The van der Waals surface area contributed by atoms with Crippen LogP contribution in [0.25, 0.3) is 33.1 Å². The summed E-state index contributed by atoms with van der Waals surface area (Å²) in [6.45, 7) is 4.00. The first kappa shape index (κ1) is 32.3. The highest BCUT2D eigenvalue weighted by Gasteiger charge is 2.49. The monoisotopic (exact) mass is 699 g/mol. The van der Waals surface area contributed by atoms with E-state index in [1.807, 2.05) is 4.90 Å².